The number of hydrogen-bond acceptors (Lipinski definition) is 8. The molecular formula is C22H17N5O3S2. The predicted octanol–water partition coefficient (Wildman–Crippen LogP) is 3.95. The normalized spacial score (nSPS) is 12.2. The Bertz CT molecular complexity index is 1570. The average molecular weight is 464 g/mol. The highest BCUT2D eigenvalue weighted by Gasteiger charge is 2.30. The molecule has 0 aliphatic heterocycles. The van der Waals surface area contributed by atoms with E-state index in [1.807, 2.05) is 29.6 Å². The van der Waals surface area contributed by atoms with Crippen LogP contribution in [-0.4, -0.2) is 36.4 Å². The largest absolute Gasteiger partial charge is 0.497 e. The van der Waals surface area contributed by atoms with E-state index < -0.39 is 9.84 Å². The third-order valence-electron chi connectivity index (χ3n) is 4.91. The van der Waals surface area contributed by atoms with Crippen molar-refractivity contribution < 1.29 is 13.2 Å². The quantitative estimate of drug-likeness (QED) is 0.395. The number of thiophene rings is 1. The van der Waals surface area contributed by atoms with Gasteiger partial charge in [-0.3, -0.25) is 0 Å². The number of ether oxygens (including phenoxy) is 1. The molecule has 0 fully saturated rings. The van der Waals surface area contributed by atoms with Gasteiger partial charge in [0, 0.05) is 4.88 Å². The van der Waals surface area contributed by atoms with E-state index in [1.165, 1.54) is 35.3 Å². The Morgan fingerprint density at radius 2 is 1.75 bits per heavy atom. The van der Waals surface area contributed by atoms with Crippen LogP contribution in [0, 0.1) is 0 Å². The van der Waals surface area contributed by atoms with E-state index in [-0.39, 0.29) is 26.8 Å². The van der Waals surface area contributed by atoms with Crippen molar-refractivity contribution in [3.8, 4) is 5.75 Å². The van der Waals surface area contributed by atoms with Gasteiger partial charge >= 0.3 is 0 Å². The topological polar surface area (TPSA) is 112 Å². The number of anilines is 1. The van der Waals surface area contributed by atoms with Crippen molar-refractivity contribution in [2.24, 2.45) is 5.10 Å². The summed E-state index contributed by atoms with van der Waals surface area (Å²) < 4.78 is 33.7. The van der Waals surface area contributed by atoms with Crippen molar-refractivity contribution in [3.05, 3.63) is 70.9 Å². The van der Waals surface area contributed by atoms with E-state index in [9.17, 15) is 8.42 Å². The molecule has 0 atom stereocenters. The van der Waals surface area contributed by atoms with E-state index in [2.05, 4.69) is 15.1 Å². The molecule has 5 rings (SSSR count). The molecule has 0 unspecified atom stereocenters. The minimum atomic E-state index is -4.02. The molecule has 32 heavy (non-hydrogen) atoms. The molecule has 0 aliphatic carbocycles. The molecule has 5 aromatic rings. The molecule has 3 heterocycles. The number of para-hydroxylation sites is 2. The van der Waals surface area contributed by atoms with E-state index in [0.717, 1.165) is 4.88 Å². The van der Waals surface area contributed by atoms with Crippen LogP contribution < -0.4 is 10.5 Å². The lowest BCUT2D eigenvalue weighted by atomic mass is 10.3. The lowest BCUT2D eigenvalue weighted by Gasteiger charge is -2.06. The van der Waals surface area contributed by atoms with Crippen LogP contribution >= 0.6 is 11.3 Å². The van der Waals surface area contributed by atoms with Crippen molar-refractivity contribution in [3.63, 3.8) is 0 Å². The maximum atomic E-state index is 13.6. The van der Waals surface area contributed by atoms with Gasteiger partial charge in [-0.1, -0.05) is 18.2 Å². The maximum Gasteiger partial charge on any atom is 0.212 e. The van der Waals surface area contributed by atoms with Crippen molar-refractivity contribution in [2.75, 3.05) is 12.8 Å². The van der Waals surface area contributed by atoms with Crippen molar-refractivity contribution in [1.82, 2.24) is 14.6 Å². The Kier molecular flexibility index (Phi) is 4.87. The summed E-state index contributed by atoms with van der Waals surface area (Å²) in [5.74, 6) is 0.490. The zero-order valence-electron chi connectivity index (χ0n) is 16.8. The molecule has 160 valence electrons. The SMILES string of the molecule is COc1ccc(S(=O)(=O)c2c(N)n(/N=C\c3cccs3)c3nc4ccccc4nc23)cc1. The summed E-state index contributed by atoms with van der Waals surface area (Å²) in [6.07, 6.45) is 1.61. The van der Waals surface area contributed by atoms with E-state index in [4.69, 9.17) is 10.5 Å². The van der Waals surface area contributed by atoms with Gasteiger partial charge in [0.1, 0.15) is 22.0 Å². The number of benzene rings is 2. The molecule has 0 saturated heterocycles. The van der Waals surface area contributed by atoms with Gasteiger partial charge in [-0.2, -0.15) is 9.78 Å². The van der Waals surface area contributed by atoms with Crippen LogP contribution in [-0.2, 0) is 9.84 Å². The number of rotatable bonds is 5. The van der Waals surface area contributed by atoms with Gasteiger partial charge in [-0.05, 0) is 47.8 Å². The van der Waals surface area contributed by atoms with Crippen LogP contribution in [0.15, 0.2) is 80.9 Å². The molecule has 8 nitrogen and oxygen atoms in total. The average Bonchev–Trinajstić information content (AvgIpc) is 3.41. The molecule has 0 amide bonds. The second-order valence-corrected chi connectivity index (χ2v) is 9.72. The van der Waals surface area contributed by atoms with Crippen LogP contribution in [0.1, 0.15) is 4.88 Å². The first-order valence-electron chi connectivity index (χ1n) is 9.53. The van der Waals surface area contributed by atoms with E-state index in [1.54, 1.807) is 30.5 Å². The fourth-order valence-corrected chi connectivity index (χ4v) is 5.42. The van der Waals surface area contributed by atoms with Crippen molar-refractivity contribution in [2.45, 2.75) is 9.79 Å². The summed E-state index contributed by atoms with van der Waals surface area (Å²) in [5, 5.41) is 6.35. The summed E-state index contributed by atoms with van der Waals surface area (Å²) >= 11 is 1.50. The molecule has 10 heteroatoms. The minimum Gasteiger partial charge on any atom is -0.497 e. The fraction of sp³-hybridized carbons (Fsp3) is 0.0455. The van der Waals surface area contributed by atoms with Gasteiger partial charge in [-0.15, -0.1) is 11.3 Å². The molecule has 2 N–H and O–H groups in total. The van der Waals surface area contributed by atoms with Gasteiger partial charge in [0.05, 0.1) is 29.3 Å². The van der Waals surface area contributed by atoms with E-state index in [0.29, 0.717) is 16.8 Å². The van der Waals surface area contributed by atoms with E-state index >= 15 is 0 Å². The molecule has 0 bridgehead atoms. The van der Waals surface area contributed by atoms with Gasteiger partial charge in [-0.25, -0.2) is 18.4 Å². The number of fused-ring (bicyclic) bond motifs is 2. The summed E-state index contributed by atoms with van der Waals surface area (Å²) in [7, 11) is -2.50. The lowest BCUT2D eigenvalue weighted by molar-refractivity contribution is 0.414. The smallest absolute Gasteiger partial charge is 0.212 e. The molecule has 0 spiro atoms. The summed E-state index contributed by atoms with van der Waals surface area (Å²) in [4.78, 5) is 10.0. The molecule has 0 radical (unpaired) electrons. The zero-order chi connectivity index (χ0) is 22.3. The maximum absolute atomic E-state index is 13.6. The molecule has 3 aromatic heterocycles. The van der Waals surface area contributed by atoms with Crippen molar-refractivity contribution >= 4 is 55.4 Å². The van der Waals surface area contributed by atoms with Gasteiger partial charge < -0.3 is 10.5 Å². The second kappa shape index (κ2) is 7.74. The summed E-state index contributed by atoms with van der Waals surface area (Å²) in [6.45, 7) is 0. The predicted molar refractivity (Wildman–Crippen MR) is 125 cm³/mol. The number of methoxy groups -OCH3 is 1. The summed E-state index contributed by atoms with van der Waals surface area (Å²) in [6, 6.07) is 17.1. The first kappa shape index (κ1) is 20.2. The monoisotopic (exact) mass is 463 g/mol. The fourth-order valence-electron chi connectivity index (χ4n) is 3.36. The highest BCUT2D eigenvalue weighted by molar-refractivity contribution is 7.92. The first-order valence-corrected chi connectivity index (χ1v) is 11.9. The summed E-state index contributed by atoms with van der Waals surface area (Å²) in [5.41, 5.74) is 7.97. The number of hydrogen-bond donors (Lipinski definition) is 1. The molecular weight excluding hydrogens is 446 g/mol. The molecule has 0 aliphatic rings. The van der Waals surface area contributed by atoms with Crippen LogP contribution in [0.5, 0.6) is 5.75 Å². The Labute approximate surface area is 187 Å². The third kappa shape index (κ3) is 3.29. The number of aromatic nitrogens is 3. The highest BCUT2D eigenvalue weighted by Crippen LogP contribution is 2.35. The van der Waals surface area contributed by atoms with Gasteiger partial charge in [0.2, 0.25) is 9.84 Å². The Morgan fingerprint density at radius 1 is 1.03 bits per heavy atom. The Hall–Kier alpha value is -3.76. The zero-order valence-corrected chi connectivity index (χ0v) is 18.5. The van der Waals surface area contributed by atoms with Crippen LogP contribution in [0.3, 0.4) is 0 Å². The number of nitrogen functional groups attached to an aromatic ring is 1. The van der Waals surface area contributed by atoms with Crippen LogP contribution in [0.2, 0.25) is 0 Å². The molecule has 0 saturated carbocycles. The highest BCUT2D eigenvalue weighted by atomic mass is 32.2. The number of sulfone groups is 1. The lowest BCUT2D eigenvalue weighted by Crippen LogP contribution is -2.06. The number of nitrogens with two attached hydrogens (primary N) is 1. The van der Waals surface area contributed by atoms with Gasteiger partial charge in [0.15, 0.2) is 5.65 Å². The molecule has 2 aromatic carbocycles. The minimum absolute atomic E-state index is 0.0565. The first-order chi connectivity index (χ1) is 15.5. The Morgan fingerprint density at radius 3 is 2.41 bits per heavy atom. The van der Waals surface area contributed by atoms with Crippen LogP contribution in [0.4, 0.5) is 5.82 Å². The Balaban J connectivity index is 1.79. The standard InChI is InChI=1S/C22H17N5O3S2/c1-30-14-8-10-16(11-9-14)32(28,29)20-19-22(26-18-7-3-2-6-17(18)25-19)27(21(20)23)24-13-15-5-4-12-31-15/h2-13H,23H2,1H3/b24-13-. The van der Waals surface area contributed by atoms with Gasteiger partial charge in [0.25, 0.3) is 0 Å². The van der Waals surface area contributed by atoms with Crippen molar-refractivity contribution in [1.29, 1.82) is 0 Å². The second-order valence-electron chi connectivity index (χ2n) is 6.85. The number of nitrogens with zero attached hydrogens (tertiary/aromatic N) is 4. The third-order valence-corrected chi connectivity index (χ3v) is 7.55. The van der Waals surface area contributed by atoms with Crippen LogP contribution in [0.25, 0.3) is 22.2 Å².